The number of ketones is 1. The average molecular weight is 441 g/mol. The summed E-state index contributed by atoms with van der Waals surface area (Å²) >= 11 is 0. The highest BCUT2D eigenvalue weighted by Crippen LogP contribution is 2.45. The zero-order valence-corrected chi connectivity index (χ0v) is 18.8. The first-order valence-corrected chi connectivity index (χ1v) is 10.0. The Balaban J connectivity index is 2.27. The second kappa shape index (κ2) is 9.74. The van der Waals surface area contributed by atoms with Crippen molar-refractivity contribution in [1.82, 2.24) is 4.90 Å². The second-order valence-electron chi connectivity index (χ2n) is 7.25. The maximum atomic E-state index is 13.1. The molecule has 1 atom stereocenters. The molecule has 0 bridgehead atoms. The van der Waals surface area contributed by atoms with Crippen molar-refractivity contribution in [1.29, 1.82) is 0 Å². The Morgan fingerprint density at radius 2 is 1.78 bits per heavy atom. The Morgan fingerprint density at radius 3 is 2.38 bits per heavy atom. The number of amides is 1. The number of hydrogen-bond acceptors (Lipinski definition) is 7. The van der Waals surface area contributed by atoms with Gasteiger partial charge in [-0.15, -0.1) is 0 Å². The van der Waals surface area contributed by atoms with Crippen molar-refractivity contribution in [3.63, 3.8) is 0 Å². The Hall–Kier alpha value is -3.52. The number of aryl methyl sites for hydroxylation is 1. The third-order valence-corrected chi connectivity index (χ3v) is 5.49. The van der Waals surface area contributed by atoms with Gasteiger partial charge in [-0.1, -0.05) is 12.1 Å². The molecule has 32 heavy (non-hydrogen) atoms. The van der Waals surface area contributed by atoms with Crippen molar-refractivity contribution in [2.24, 2.45) is 0 Å². The Morgan fingerprint density at radius 1 is 1.03 bits per heavy atom. The van der Waals surface area contributed by atoms with Gasteiger partial charge in [0, 0.05) is 24.8 Å². The number of benzene rings is 2. The Kier molecular flexibility index (Phi) is 7.05. The molecule has 1 amide bonds. The maximum absolute atomic E-state index is 13.1. The fourth-order valence-electron chi connectivity index (χ4n) is 3.92. The summed E-state index contributed by atoms with van der Waals surface area (Å²) in [6.07, 6.45) is 0. The summed E-state index contributed by atoms with van der Waals surface area (Å²) in [7, 11) is 6.05. The van der Waals surface area contributed by atoms with Crippen molar-refractivity contribution >= 4 is 17.4 Å². The molecular formula is C24H27NO7. The topological polar surface area (TPSA) is 94.5 Å². The summed E-state index contributed by atoms with van der Waals surface area (Å²) in [5.41, 5.74) is 1.63. The maximum Gasteiger partial charge on any atom is 0.295 e. The molecule has 1 aliphatic rings. The highest BCUT2D eigenvalue weighted by atomic mass is 16.5. The van der Waals surface area contributed by atoms with Gasteiger partial charge in [0.2, 0.25) is 0 Å². The number of methoxy groups -OCH3 is 4. The van der Waals surface area contributed by atoms with Crippen LogP contribution >= 0.6 is 0 Å². The number of rotatable bonds is 8. The fraction of sp³-hybridized carbons (Fsp3) is 0.333. The number of nitrogens with zero attached hydrogens (tertiary/aromatic N) is 1. The molecule has 1 aliphatic heterocycles. The number of Topliss-reactive ketones (excluding diaryl/α,β-unsaturated/α-hetero) is 1. The summed E-state index contributed by atoms with van der Waals surface area (Å²) in [4.78, 5) is 27.5. The van der Waals surface area contributed by atoms with Crippen LogP contribution in [0.4, 0.5) is 0 Å². The molecule has 1 saturated heterocycles. The molecule has 170 valence electrons. The summed E-state index contributed by atoms with van der Waals surface area (Å²) < 4.78 is 21.3. The van der Waals surface area contributed by atoms with Gasteiger partial charge < -0.3 is 29.0 Å². The van der Waals surface area contributed by atoms with Gasteiger partial charge in [-0.3, -0.25) is 9.59 Å². The van der Waals surface area contributed by atoms with E-state index in [-0.39, 0.29) is 24.5 Å². The lowest BCUT2D eigenvalue weighted by Gasteiger charge is -2.27. The van der Waals surface area contributed by atoms with E-state index in [1.54, 1.807) is 50.4 Å². The molecule has 3 rings (SSSR count). The predicted octanol–water partition coefficient (Wildman–Crippen LogP) is 3.09. The van der Waals surface area contributed by atoms with Crippen LogP contribution in [0.15, 0.2) is 42.0 Å². The molecule has 0 spiro atoms. The van der Waals surface area contributed by atoms with Crippen LogP contribution in [0.1, 0.15) is 22.7 Å². The number of aliphatic hydroxyl groups excluding tert-OH is 1. The van der Waals surface area contributed by atoms with Crippen LogP contribution < -0.4 is 14.2 Å². The molecule has 0 radical (unpaired) electrons. The van der Waals surface area contributed by atoms with E-state index in [1.807, 2.05) is 0 Å². The molecule has 2 aromatic rings. The monoisotopic (exact) mass is 441 g/mol. The van der Waals surface area contributed by atoms with Crippen molar-refractivity contribution in [2.75, 3.05) is 41.6 Å². The van der Waals surface area contributed by atoms with E-state index in [2.05, 4.69) is 0 Å². The van der Waals surface area contributed by atoms with Crippen molar-refractivity contribution < 1.29 is 33.6 Å². The fourth-order valence-corrected chi connectivity index (χ4v) is 3.92. The lowest BCUT2D eigenvalue weighted by molar-refractivity contribution is -0.140. The molecule has 1 unspecified atom stereocenters. The zero-order valence-electron chi connectivity index (χ0n) is 18.8. The number of ether oxygens (including phenoxy) is 4. The molecule has 0 aromatic heterocycles. The van der Waals surface area contributed by atoms with E-state index in [4.69, 9.17) is 18.9 Å². The van der Waals surface area contributed by atoms with E-state index in [0.717, 1.165) is 0 Å². The van der Waals surface area contributed by atoms with Crippen LogP contribution in [0.25, 0.3) is 5.76 Å². The minimum absolute atomic E-state index is 0.0223. The normalized spacial score (nSPS) is 17.5. The Labute approximate surface area is 187 Å². The summed E-state index contributed by atoms with van der Waals surface area (Å²) in [5.74, 6) is -0.318. The number of likely N-dealkylation sites (tertiary alicyclic amines) is 1. The van der Waals surface area contributed by atoms with Crippen molar-refractivity contribution in [3.05, 3.63) is 58.7 Å². The third-order valence-electron chi connectivity index (χ3n) is 5.49. The highest BCUT2D eigenvalue weighted by molar-refractivity contribution is 6.46. The second-order valence-corrected chi connectivity index (χ2v) is 7.25. The lowest BCUT2D eigenvalue weighted by Crippen LogP contribution is -2.32. The van der Waals surface area contributed by atoms with Gasteiger partial charge in [0.1, 0.15) is 11.5 Å². The molecule has 2 aromatic carbocycles. The van der Waals surface area contributed by atoms with Gasteiger partial charge in [-0.25, -0.2) is 0 Å². The number of carbonyl (C=O) groups excluding carboxylic acids is 2. The molecule has 1 fully saturated rings. The summed E-state index contributed by atoms with van der Waals surface area (Å²) in [5, 5.41) is 11.3. The van der Waals surface area contributed by atoms with Crippen LogP contribution in [0, 0.1) is 6.92 Å². The van der Waals surface area contributed by atoms with E-state index < -0.39 is 17.7 Å². The highest BCUT2D eigenvalue weighted by Gasteiger charge is 2.47. The number of hydrogen-bond donors (Lipinski definition) is 1. The molecule has 1 N–H and O–H groups in total. The largest absolute Gasteiger partial charge is 0.507 e. The van der Waals surface area contributed by atoms with E-state index in [1.165, 1.54) is 26.2 Å². The smallest absolute Gasteiger partial charge is 0.295 e. The number of carbonyl (C=O) groups is 2. The standard InChI is InChI=1S/C24H27NO7/c1-14-13-15(30-3)9-10-16(14)21(26)19-20(25(11-12-29-2)24(28)22(19)27)17-7-6-8-18(31-4)23(17)32-5/h6-10,13,20,26H,11-12H2,1-5H3/b21-19+. The number of para-hydroxylation sites is 1. The van der Waals surface area contributed by atoms with Crippen LogP contribution in [0.5, 0.6) is 17.2 Å². The zero-order chi connectivity index (χ0) is 23.4. The van der Waals surface area contributed by atoms with Gasteiger partial charge in [-0.05, 0) is 36.8 Å². The molecule has 8 heteroatoms. The molecule has 1 heterocycles. The van der Waals surface area contributed by atoms with Crippen LogP contribution in [0.3, 0.4) is 0 Å². The van der Waals surface area contributed by atoms with Gasteiger partial charge in [0.25, 0.3) is 11.7 Å². The minimum atomic E-state index is -0.878. The first-order chi connectivity index (χ1) is 15.4. The summed E-state index contributed by atoms with van der Waals surface area (Å²) in [6.45, 7) is 2.17. The number of aliphatic hydroxyl groups is 1. The van der Waals surface area contributed by atoms with Gasteiger partial charge in [-0.2, -0.15) is 0 Å². The van der Waals surface area contributed by atoms with Crippen LogP contribution in [-0.4, -0.2) is 63.3 Å². The third kappa shape index (κ3) is 4.01. The van der Waals surface area contributed by atoms with E-state index in [0.29, 0.717) is 33.9 Å². The quantitative estimate of drug-likeness (QED) is 0.382. The van der Waals surface area contributed by atoms with Gasteiger partial charge in [0.05, 0.1) is 39.6 Å². The SMILES string of the molecule is COCCN1C(=O)C(=O)/C(=C(/O)c2ccc(OC)cc2C)C1c1cccc(OC)c1OC. The van der Waals surface area contributed by atoms with Crippen LogP contribution in [0.2, 0.25) is 0 Å². The van der Waals surface area contributed by atoms with Crippen LogP contribution in [-0.2, 0) is 14.3 Å². The predicted molar refractivity (Wildman–Crippen MR) is 118 cm³/mol. The minimum Gasteiger partial charge on any atom is -0.507 e. The lowest BCUT2D eigenvalue weighted by atomic mass is 9.93. The average Bonchev–Trinajstić information content (AvgIpc) is 3.06. The van der Waals surface area contributed by atoms with Gasteiger partial charge in [0.15, 0.2) is 11.5 Å². The van der Waals surface area contributed by atoms with Crippen molar-refractivity contribution in [2.45, 2.75) is 13.0 Å². The van der Waals surface area contributed by atoms with E-state index in [9.17, 15) is 14.7 Å². The first-order valence-electron chi connectivity index (χ1n) is 10.0. The molecule has 0 saturated carbocycles. The Bertz CT molecular complexity index is 1060. The summed E-state index contributed by atoms with van der Waals surface area (Å²) in [6, 6.07) is 9.42. The van der Waals surface area contributed by atoms with Gasteiger partial charge >= 0.3 is 0 Å². The molecular weight excluding hydrogens is 414 g/mol. The van der Waals surface area contributed by atoms with Crippen molar-refractivity contribution in [3.8, 4) is 17.2 Å². The molecule has 8 nitrogen and oxygen atoms in total. The first kappa shape index (κ1) is 23.1. The van der Waals surface area contributed by atoms with E-state index >= 15 is 0 Å². The molecule has 0 aliphatic carbocycles.